The Morgan fingerprint density at radius 3 is 2.47 bits per heavy atom. The molecule has 17 heavy (non-hydrogen) atoms. The highest BCUT2D eigenvalue weighted by Gasteiger charge is 2.20. The summed E-state index contributed by atoms with van der Waals surface area (Å²) in [6.45, 7) is 1.76. The maximum absolute atomic E-state index is 11.5. The highest BCUT2D eigenvalue weighted by Crippen LogP contribution is 2.31. The van der Waals surface area contributed by atoms with Gasteiger partial charge in [0.25, 0.3) is 0 Å². The number of carbonyl (C=O) groups is 1. The fraction of sp³-hybridized carbons (Fsp3) is 0.364. The molecule has 0 aliphatic carbocycles. The van der Waals surface area contributed by atoms with Crippen molar-refractivity contribution in [2.24, 2.45) is 0 Å². The maximum Gasteiger partial charge on any atom is 0.316 e. The number of aliphatic carboxylic acids is 1. The molecule has 1 aromatic rings. The molecule has 0 amide bonds. The van der Waals surface area contributed by atoms with Crippen molar-refractivity contribution in [3.05, 3.63) is 24.3 Å². The predicted octanol–water partition coefficient (Wildman–Crippen LogP) is 2.05. The van der Waals surface area contributed by atoms with Crippen LogP contribution >= 0.6 is 11.8 Å². The Bertz CT molecular complexity index is 508. The monoisotopic (exact) mass is 274 g/mol. The van der Waals surface area contributed by atoms with Gasteiger partial charge in [-0.25, -0.2) is 8.42 Å². The summed E-state index contributed by atoms with van der Waals surface area (Å²) in [4.78, 5) is 11.6. The number of benzene rings is 1. The van der Waals surface area contributed by atoms with Crippen molar-refractivity contribution in [3.8, 4) is 0 Å². The highest BCUT2D eigenvalue weighted by atomic mass is 32.2. The van der Waals surface area contributed by atoms with Crippen molar-refractivity contribution in [1.29, 1.82) is 0 Å². The molecule has 0 aromatic heterocycles. The van der Waals surface area contributed by atoms with Gasteiger partial charge in [-0.2, -0.15) is 0 Å². The van der Waals surface area contributed by atoms with Crippen LogP contribution in [0.5, 0.6) is 0 Å². The van der Waals surface area contributed by atoms with Crippen molar-refractivity contribution in [2.45, 2.75) is 28.4 Å². The molecule has 0 spiro atoms. The molecule has 0 heterocycles. The summed E-state index contributed by atoms with van der Waals surface area (Å²) in [6.07, 6.45) is 1.56. The summed E-state index contributed by atoms with van der Waals surface area (Å²) >= 11 is 1.07. The van der Waals surface area contributed by atoms with E-state index >= 15 is 0 Å². The second-order valence-electron chi connectivity index (χ2n) is 3.57. The minimum Gasteiger partial charge on any atom is -0.480 e. The second kappa shape index (κ2) is 5.55. The minimum atomic E-state index is -3.33. The van der Waals surface area contributed by atoms with Crippen LogP contribution in [0.15, 0.2) is 34.1 Å². The molecule has 0 fully saturated rings. The van der Waals surface area contributed by atoms with Gasteiger partial charge in [-0.15, -0.1) is 11.8 Å². The first-order chi connectivity index (χ1) is 7.86. The normalized spacial score (nSPS) is 13.3. The predicted molar refractivity (Wildman–Crippen MR) is 67.1 cm³/mol. The van der Waals surface area contributed by atoms with E-state index in [1.54, 1.807) is 25.1 Å². The first kappa shape index (κ1) is 14.1. The van der Waals surface area contributed by atoms with Crippen LogP contribution in [0.3, 0.4) is 0 Å². The van der Waals surface area contributed by atoms with E-state index in [0.717, 1.165) is 18.0 Å². The summed E-state index contributed by atoms with van der Waals surface area (Å²) in [5.41, 5.74) is 0. The molecular weight excluding hydrogens is 260 g/mol. The van der Waals surface area contributed by atoms with E-state index < -0.39 is 21.1 Å². The number of carboxylic acids is 1. The Morgan fingerprint density at radius 2 is 2.00 bits per heavy atom. The Balaban J connectivity index is 3.11. The maximum atomic E-state index is 11.5. The van der Waals surface area contributed by atoms with E-state index in [1.165, 1.54) is 6.07 Å². The number of sulfone groups is 1. The van der Waals surface area contributed by atoms with Crippen molar-refractivity contribution >= 4 is 27.6 Å². The lowest BCUT2D eigenvalue weighted by molar-refractivity contribution is -0.136. The van der Waals surface area contributed by atoms with Gasteiger partial charge in [0.1, 0.15) is 5.25 Å². The van der Waals surface area contributed by atoms with Crippen LogP contribution in [0.4, 0.5) is 0 Å². The van der Waals surface area contributed by atoms with Crippen LogP contribution in [-0.2, 0) is 14.6 Å². The highest BCUT2D eigenvalue weighted by molar-refractivity contribution is 8.01. The zero-order valence-corrected chi connectivity index (χ0v) is 11.2. The van der Waals surface area contributed by atoms with E-state index in [2.05, 4.69) is 0 Å². The molecule has 94 valence electrons. The van der Waals surface area contributed by atoms with Crippen LogP contribution in [0.2, 0.25) is 0 Å². The lowest BCUT2D eigenvalue weighted by Crippen LogP contribution is -2.15. The van der Waals surface area contributed by atoms with Gasteiger partial charge in [-0.3, -0.25) is 4.79 Å². The smallest absolute Gasteiger partial charge is 0.316 e. The van der Waals surface area contributed by atoms with Crippen molar-refractivity contribution < 1.29 is 18.3 Å². The van der Waals surface area contributed by atoms with Gasteiger partial charge in [0, 0.05) is 11.2 Å². The second-order valence-corrected chi connectivity index (χ2v) is 6.80. The third-order valence-electron chi connectivity index (χ3n) is 2.16. The molecule has 1 unspecified atom stereocenters. The fourth-order valence-corrected chi connectivity index (χ4v) is 3.59. The van der Waals surface area contributed by atoms with Gasteiger partial charge in [0.2, 0.25) is 0 Å². The number of hydrogen-bond acceptors (Lipinski definition) is 4. The summed E-state index contributed by atoms with van der Waals surface area (Å²) in [5.74, 6) is -0.930. The average Bonchev–Trinajstić information content (AvgIpc) is 2.24. The van der Waals surface area contributed by atoms with Crippen LogP contribution in [-0.4, -0.2) is 31.0 Å². The summed E-state index contributed by atoms with van der Waals surface area (Å²) in [5, 5.41) is 8.33. The Kier molecular flexibility index (Phi) is 4.59. The van der Waals surface area contributed by atoms with E-state index in [-0.39, 0.29) is 4.90 Å². The zero-order chi connectivity index (χ0) is 13.1. The molecule has 0 bridgehead atoms. The molecule has 1 atom stereocenters. The third kappa shape index (κ3) is 3.74. The number of carboxylic acid groups (broad SMARTS) is 1. The van der Waals surface area contributed by atoms with Gasteiger partial charge in [-0.1, -0.05) is 19.1 Å². The minimum absolute atomic E-state index is 0.185. The van der Waals surface area contributed by atoms with Gasteiger partial charge >= 0.3 is 5.97 Å². The quantitative estimate of drug-likeness (QED) is 0.832. The van der Waals surface area contributed by atoms with E-state index in [9.17, 15) is 13.2 Å². The molecule has 4 nitrogen and oxygen atoms in total. The molecule has 0 saturated carbocycles. The number of thioether (sulfide) groups is 1. The third-order valence-corrected chi connectivity index (χ3v) is 4.88. The molecule has 1 rings (SSSR count). The zero-order valence-electron chi connectivity index (χ0n) is 9.58. The van der Waals surface area contributed by atoms with E-state index in [1.807, 2.05) is 0 Å². The molecule has 0 aliphatic heterocycles. The van der Waals surface area contributed by atoms with E-state index in [0.29, 0.717) is 11.3 Å². The fourth-order valence-electron chi connectivity index (χ4n) is 1.32. The molecule has 6 heteroatoms. The first-order valence-corrected chi connectivity index (χ1v) is 7.82. The van der Waals surface area contributed by atoms with E-state index in [4.69, 9.17) is 5.11 Å². The van der Waals surface area contributed by atoms with Gasteiger partial charge in [0.05, 0.1) is 4.90 Å². The Morgan fingerprint density at radius 1 is 1.41 bits per heavy atom. The topological polar surface area (TPSA) is 71.4 Å². The number of rotatable bonds is 5. The lowest BCUT2D eigenvalue weighted by atomic mass is 10.3. The summed E-state index contributed by atoms with van der Waals surface area (Å²) in [6, 6.07) is 6.45. The molecular formula is C11H14O4S2. The standard InChI is InChI=1S/C11H14O4S2/c1-3-8(11(12)13)16-9-6-4-5-7-10(9)17(2,14)15/h4-8H,3H2,1-2H3,(H,12,13). The molecule has 0 radical (unpaired) electrons. The van der Waals surface area contributed by atoms with Crippen LogP contribution in [0.25, 0.3) is 0 Å². The van der Waals surface area contributed by atoms with Crippen molar-refractivity contribution in [1.82, 2.24) is 0 Å². The Labute approximate surface area is 105 Å². The Hall–Kier alpha value is -1.01. The molecule has 0 saturated heterocycles. The van der Waals surface area contributed by atoms with Gasteiger partial charge in [-0.05, 0) is 18.6 Å². The van der Waals surface area contributed by atoms with Crippen LogP contribution in [0, 0.1) is 0 Å². The number of hydrogen-bond donors (Lipinski definition) is 1. The van der Waals surface area contributed by atoms with Crippen molar-refractivity contribution in [3.63, 3.8) is 0 Å². The van der Waals surface area contributed by atoms with Crippen LogP contribution in [0.1, 0.15) is 13.3 Å². The molecule has 1 aromatic carbocycles. The van der Waals surface area contributed by atoms with Crippen molar-refractivity contribution in [2.75, 3.05) is 6.26 Å². The lowest BCUT2D eigenvalue weighted by Gasteiger charge is -2.12. The van der Waals surface area contributed by atoms with Crippen LogP contribution < -0.4 is 0 Å². The molecule has 0 aliphatic rings. The van der Waals surface area contributed by atoms with Gasteiger partial charge < -0.3 is 5.11 Å². The SMILES string of the molecule is CCC(Sc1ccccc1S(C)(=O)=O)C(=O)O. The summed E-state index contributed by atoms with van der Waals surface area (Å²) < 4.78 is 23.1. The summed E-state index contributed by atoms with van der Waals surface area (Å²) in [7, 11) is -3.33. The largest absolute Gasteiger partial charge is 0.480 e. The van der Waals surface area contributed by atoms with Gasteiger partial charge in [0.15, 0.2) is 9.84 Å². The molecule has 1 N–H and O–H groups in total. The first-order valence-electron chi connectivity index (χ1n) is 5.04. The average molecular weight is 274 g/mol.